The van der Waals surface area contributed by atoms with Crippen LogP contribution in [0.2, 0.25) is 0 Å². The van der Waals surface area contributed by atoms with E-state index in [4.69, 9.17) is 16.7 Å². The van der Waals surface area contributed by atoms with Crippen molar-refractivity contribution in [2.75, 3.05) is 36.5 Å². The van der Waals surface area contributed by atoms with E-state index in [0.29, 0.717) is 49.5 Å². The highest BCUT2D eigenvalue weighted by Gasteiger charge is 2.42. The Morgan fingerprint density at radius 3 is 1.98 bits per heavy atom. The molecule has 0 saturated heterocycles. The van der Waals surface area contributed by atoms with Crippen molar-refractivity contribution < 1.29 is 44.6 Å². The van der Waals surface area contributed by atoms with Gasteiger partial charge in [0, 0.05) is 32.8 Å². The normalized spacial score (nSPS) is 17.2. The van der Waals surface area contributed by atoms with E-state index in [-0.39, 0.29) is 30.6 Å². The maximum atomic E-state index is 13.9. The molecule has 5 N–H and O–H groups in total. The highest BCUT2D eigenvalue weighted by atomic mass is 19.4. The maximum absolute atomic E-state index is 13.9. The molecule has 1 aliphatic rings. The number of halogens is 9. The van der Waals surface area contributed by atoms with Crippen LogP contribution in [0, 0.1) is 0 Å². The van der Waals surface area contributed by atoms with Crippen molar-refractivity contribution >= 4 is 17.2 Å². The first-order chi connectivity index (χ1) is 19.9. The van der Waals surface area contributed by atoms with E-state index < -0.39 is 58.7 Å². The second-order valence-electron chi connectivity index (χ2n) is 10.2. The fraction of sp³-hybridized carbons (Fsp3) is 0.519. The van der Waals surface area contributed by atoms with E-state index in [9.17, 15) is 39.5 Å². The van der Waals surface area contributed by atoms with Gasteiger partial charge in [-0.25, -0.2) is 11.0 Å². The number of hydrogen-bond donors (Lipinski definition) is 3. The van der Waals surface area contributed by atoms with Crippen molar-refractivity contribution in [1.29, 1.82) is 0 Å². The Balaban J connectivity index is 2.33. The van der Waals surface area contributed by atoms with Crippen LogP contribution in [0.3, 0.4) is 0 Å². The summed E-state index contributed by atoms with van der Waals surface area (Å²) in [5, 5.41) is 13.7. The first-order valence-electron chi connectivity index (χ1n) is 13.4. The molecular weight excluding hydrogens is 595 g/mol. The van der Waals surface area contributed by atoms with Crippen molar-refractivity contribution in [3.05, 3.63) is 58.7 Å². The largest absolute Gasteiger partial charge is 0.416 e. The summed E-state index contributed by atoms with van der Waals surface area (Å²) in [6.45, 7) is 2.03. The molecule has 0 aliphatic carbocycles. The molecule has 43 heavy (non-hydrogen) atoms. The van der Waals surface area contributed by atoms with Gasteiger partial charge in [-0.1, -0.05) is 6.92 Å². The van der Waals surface area contributed by atoms with Crippen molar-refractivity contribution in [2.24, 2.45) is 16.7 Å². The smallest absolute Gasteiger partial charge is 0.396 e. The van der Waals surface area contributed by atoms with Gasteiger partial charge < -0.3 is 20.6 Å². The number of hydrogen-bond acceptors (Lipinski definition) is 6. The van der Waals surface area contributed by atoms with E-state index >= 15 is 0 Å². The topological polar surface area (TPSA) is 94.3 Å². The molecule has 2 aromatic carbocycles. The molecule has 0 fully saturated rings. The zero-order chi connectivity index (χ0) is 32.3. The fourth-order valence-electron chi connectivity index (χ4n) is 5.15. The van der Waals surface area contributed by atoms with Gasteiger partial charge in [0.1, 0.15) is 11.9 Å². The second-order valence-corrected chi connectivity index (χ2v) is 10.2. The molecule has 0 spiro atoms. The number of aliphatic hydroxyl groups is 1. The van der Waals surface area contributed by atoms with Crippen LogP contribution < -0.4 is 21.4 Å². The van der Waals surface area contributed by atoms with Crippen LogP contribution >= 0.6 is 0 Å². The van der Waals surface area contributed by atoms with Crippen molar-refractivity contribution in [3.8, 4) is 0 Å². The molecule has 7 nitrogen and oxygen atoms in total. The minimum atomic E-state index is -5.18. The molecule has 0 radical (unpaired) electrons. The summed E-state index contributed by atoms with van der Waals surface area (Å²) in [6.07, 6.45) is -13.0. The second kappa shape index (κ2) is 13.1. The molecule has 1 aliphatic heterocycles. The number of rotatable bonds is 10. The van der Waals surface area contributed by atoms with Crippen molar-refractivity contribution in [2.45, 2.75) is 63.2 Å². The Morgan fingerprint density at radius 1 is 0.907 bits per heavy atom. The Morgan fingerprint density at radius 2 is 1.49 bits per heavy atom. The number of unbranched alkanes of at least 4 members (excludes halogenated alkanes) is 2. The summed E-state index contributed by atoms with van der Waals surface area (Å²) < 4.78 is 124. The quantitative estimate of drug-likeness (QED) is 0.0733. The number of amidine groups is 1. The minimum absolute atomic E-state index is 0.0384. The number of anilines is 2. The van der Waals surface area contributed by atoms with Gasteiger partial charge in [0.2, 0.25) is 0 Å². The Labute approximate surface area is 242 Å². The minimum Gasteiger partial charge on any atom is -0.396 e. The summed E-state index contributed by atoms with van der Waals surface area (Å²) in [4.78, 5) is 3.11. The maximum Gasteiger partial charge on any atom is 0.416 e. The molecule has 0 saturated carbocycles. The Bertz CT molecular complexity index is 1240. The van der Waals surface area contributed by atoms with Gasteiger partial charge in [0.05, 0.1) is 28.1 Å². The van der Waals surface area contributed by atoms with Gasteiger partial charge in [-0.3, -0.25) is 0 Å². The molecule has 2 aromatic rings. The molecular formula is C27H33F9N6O. The van der Waals surface area contributed by atoms with Crippen molar-refractivity contribution in [1.82, 2.24) is 5.12 Å². The molecule has 0 bridgehead atoms. The summed E-state index contributed by atoms with van der Waals surface area (Å²) in [6, 6.07) is 1.72. The molecule has 3 rings (SSSR count). The van der Waals surface area contributed by atoms with E-state index in [1.807, 2.05) is 4.90 Å². The highest BCUT2D eigenvalue weighted by molar-refractivity contribution is 5.92. The van der Waals surface area contributed by atoms with Gasteiger partial charge in [-0.05, 0) is 67.6 Å². The van der Waals surface area contributed by atoms with Crippen LogP contribution in [-0.2, 0) is 18.5 Å². The summed E-state index contributed by atoms with van der Waals surface area (Å²) in [5.41, 5.74) is 1.48. The molecule has 1 heterocycles. The number of nitrogens with zero attached hydrogens (tertiary/aromatic N) is 4. The van der Waals surface area contributed by atoms with Gasteiger partial charge in [0.25, 0.3) is 0 Å². The summed E-state index contributed by atoms with van der Waals surface area (Å²) in [7, 11) is 1.21. The zero-order valence-electron chi connectivity index (χ0n) is 23.4. The summed E-state index contributed by atoms with van der Waals surface area (Å²) in [5.74, 6) is 5.05. The van der Waals surface area contributed by atoms with Gasteiger partial charge in [0.15, 0.2) is 0 Å². The van der Waals surface area contributed by atoms with E-state index in [0.717, 1.165) is 12.1 Å². The monoisotopic (exact) mass is 628 g/mol. The molecule has 0 amide bonds. The van der Waals surface area contributed by atoms with Gasteiger partial charge in [-0.15, -0.1) is 5.10 Å². The molecule has 2 atom stereocenters. The number of benzene rings is 2. The number of nitrogens with two attached hydrogens (primary N) is 2. The molecule has 240 valence electrons. The fourth-order valence-corrected chi connectivity index (χ4v) is 5.15. The summed E-state index contributed by atoms with van der Waals surface area (Å²) >= 11 is 0. The van der Waals surface area contributed by atoms with E-state index in [2.05, 4.69) is 5.10 Å². The molecule has 2 unspecified atom stereocenters. The van der Waals surface area contributed by atoms with Crippen LogP contribution in [0.15, 0.2) is 41.5 Å². The predicted molar refractivity (Wildman–Crippen MR) is 144 cm³/mol. The number of fused-ring (bicyclic) bond motifs is 1. The SMILES string of the molecule is CCC1CN(C(/C(N)=N/N(C)N)c2cc(C(F)(F)F)cc(C(F)(F)F)c2)c2cc(C(F)(F)F)ccc2N1CCCCCO. The zero-order valence-corrected chi connectivity index (χ0v) is 23.4. The Hall–Kier alpha value is -3.40. The van der Waals surface area contributed by atoms with E-state index in [1.54, 1.807) is 6.92 Å². The number of alkyl halides is 9. The number of hydrazone groups is 1. The van der Waals surface area contributed by atoms with Crippen LogP contribution in [0.25, 0.3) is 0 Å². The number of hydrazine groups is 1. The first-order valence-corrected chi connectivity index (χ1v) is 13.4. The molecule has 0 aromatic heterocycles. The third kappa shape index (κ3) is 8.16. The first kappa shape index (κ1) is 34.1. The van der Waals surface area contributed by atoms with Crippen LogP contribution in [0.1, 0.15) is 60.9 Å². The van der Waals surface area contributed by atoms with Gasteiger partial charge >= 0.3 is 18.5 Å². The van der Waals surface area contributed by atoms with Crippen LogP contribution in [0.4, 0.5) is 50.9 Å². The Kier molecular flexibility index (Phi) is 10.4. The lowest BCUT2D eigenvalue weighted by Gasteiger charge is -2.47. The number of aliphatic hydroxyl groups excluding tert-OH is 1. The highest BCUT2D eigenvalue weighted by Crippen LogP contribution is 2.46. The predicted octanol–water partition coefficient (Wildman–Crippen LogP) is 6.13. The third-order valence-corrected chi connectivity index (χ3v) is 7.09. The van der Waals surface area contributed by atoms with Gasteiger partial charge in [-0.2, -0.15) is 39.5 Å². The molecule has 16 heteroatoms. The lowest BCUT2D eigenvalue weighted by atomic mass is 9.94. The van der Waals surface area contributed by atoms with Crippen LogP contribution in [-0.4, -0.2) is 48.8 Å². The lowest BCUT2D eigenvalue weighted by molar-refractivity contribution is -0.143. The third-order valence-electron chi connectivity index (χ3n) is 7.09. The lowest BCUT2D eigenvalue weighted by Crippen LogP contribution is -2.52. The standard InChI is InChI=1S/C27H33F9N6O/c1-3-20-15-42(22-14-17(25(28,29)30)7-8-21(22)41(20)9-5-4-6-10-43)23(24(37)39-40(2)38)16-11-18(26(31,32)33)13-19(12-16)27(34,35)36/h7-8,11-14,20,23,43H,3-6,9-10,15,38H2,1-2H3,(H2,37,39). The van der Waals surface area contributed by atoms with Crippen molar-refractivity contribution in [3.63, 3.8) is 0 Å². The average molecular weight is 629 g/mol. The van der Waals surface area contributed by atoms with Crippen LogP contribution in [0.5, 0.6) is 0 Å². The average Bonchev–Trinajstić information content (AvgIpc) is 2.89. The van der Waals surface area contributed by atoms with E-state index in [1.165, 1.54) is 18.0 Å².